The van der Waals surface area contributed by atoms with Crippen LogP contribution in [0.1, 0.15) is 47.0 Å². The molecule has 0 spiro atoms. The van der Waals surface area contributed by atoms with Crippen molar-refractivity contribution in [1.29, 1.82) is 0 Å². The second-order valence-electron chi connectivity index (χ2n) is 7.93. The number of nitrogens with one attached hydrogen (secondary N) is 2. The minimum Gasteiger partial charge on any atom is -0.326 e. The molecule has 7 heteroatoms. The third-order valence-electron chi connectivity index (χ3n) is 5.20. The largest absolute Gasteiger partial charge is 0.326 e. The molecule has 1 aromatic carbocycles. The molecule has 0 bridgehead atoms. The fourth-order valence-corrected chi connectivity index (χ4v) is 3.49. The molecule has 2 N–H and O–H groups in total. The van der Waals surface area contributed by atoms with Gasteiger partial charge >= 0.3 is 6.03 Å². The summed E-state index contributed by atoms with van der Waals surface area (Å²) in [6.07, 6.45) is 1.82. The molecule has 0 saturated carbocycles. The van der Waals surface area contributed by atoms with E-state index in [9.17, 15) is 14.4 Å². The smallest absolute Gasteiger partial charge is 0.319 e. The predicted molar refractivity (Wildman–Crippen MR) is 116 cm³/mol. The molecular weight excluding hydrogens is 368 g/mol. The van der Waals surface area contributed by atoms with Gasteiger partial charge in [0.1, 0.15) is 0 Å². The fourth-order valence-electron chi connectivity index (χ4n) is 3.49. The van der Waals surface area contributed by atoms with Gasteiger partial charge in [0.15, 0.2) is 0 Å². The molecule has 0 aromatic heterocycles. The summed E-state index contributed by atoms with van der Waals surface area (Å²) in [5, 5.41) is 5.81. The Kier molecular flexibility index (Phi) is 8.49. The van der Waals surface area contributed by atoms with Crippen LogP contribution < -0.4 is 10.6 Å². The maximum Gasteiger partial charge on any atom is 0.319 e. The summed E-state index contributed by atoms with van der Waals surface area (Å²) in [5.41, 5.74) is 1.43. The van der Waals surface area contributed by atoms with Gasteiger partial charge in [-0.15, -0.1) is 0 Å². The Balaban J connectivity index is 1.82. The van der Waals surface area contributed by atoms with Gasteiger partial charge in [-0.3, -0.25) is 9.59 Å². The van der Waals surface area contributed by atoms with E-state index in [-0.39, 0.29) is 23.8 Å². The third-order valence-corrected chi connectivity index (χ3v) is 5.20. The molecule has 1 heterocycles. The van der Waals surface area contributed by atoms with Crippen LogP contribution in [-0.2, 0) is 9.59 Å². The lowest BCUT2D eigenvalue weighted by Gasteiger charge is -2.34. The predicted octanol–water partition coefficient (Wildman–Crippen LogP) is 3.78. The SMILES string of the molecule is CCN(CC)C(=O)N1CCC(C(=O)Nc2ccc(NC(=O)CC(C)C)cc2)CC1. The van der Waals surface area contributed by atoms with E-state index in [0.717, 1.165) is 5.69 Å². The Hall–Kier alpha value is -2.57. The van der Waals surface area contributed by atoms with Crippen LogP contribution in [0.5, 0.6) is 0 Å². The van der Waals surface area contributed by atoms with Crippen molar-refractivity contribution in [3.8, 4) is 0 Å². The van der Waals surface area contributed by atoms with E-state index in [0.29, 0.717) is 57.0 Å². The summed E-state index contributed by atoms with van der Waals surface area (Å²) < 4.78 is 0. The number of urea groups is 1. The standard InChI is InChI=1S/C22H34N4O3/c1-5-25(6-2)22(29)26-13-11-17(12-14-26)21(28)24-19-9-7-18(8-10-19)23-20(27)15-16(3)4/h7-10,16-17H,5-6,11-15H2,1-4H3,(H,23,27)(H,24,28). The van der Waals surface area contributed by atoms with Crippen molar-refractivity contribution < 1.29 is 14.4 Å². The number of carbonyl (C=O) groups is 3. The molecule has 160 valence electrons. The number of amides is 4. The van der Waals surface area contributed by atoms with E-state index in [2.05, 4.69) is 10.6 Å². The van der Waals surface area contributed by atoms with Gasteiger partial charge in [0, 0.05) is 49.9 Å². The summed E-state index contributed by atoms with van der Waals surface area (Å²) in [6, 6.07) is 7.23. The molecule has 1 aliphatic heterocycles. The van der Waals surface area contributed by atoms with E-state index >= 15 is 0 Å². The Labute approximate surface area is 173 Å². The maximum atomic E-state index is 12.6. The number of benzene rings is 1. The van der Waals surface area contributed by atoms with Gasteiger partial charge in [-0.25, -0.2) is 4.79 Å². The third kappa shape index (κ3) is 6.76. The van der Waals surface area contributed by atoms with Crippen molar-refractivity contribution in [3.63, 3.8) is 0 Å². The molecule has 0 atom stereocenters. The van der Waals surface area contributed by atoms with E-state index < -0.39 is 0 Å². The van der Waals surface area contributed by atoms with E-state index in [1.165, 1.54) is 0 Å². The number of anilines is 2. The molecule has 0 unspecified atom stereocenters. The van der Waals surface area contributed by atoms with Crippen LogP contribution in [0.2, 0.25) is 0 Å². The van der Waals surface area contributed by atoms with E-state index in [4.69, 9.17) is 0 Å². The van der Waals surface area contributed by atoms with Crippen molar-refractivity contribution in [3.05, 3.63) is 24.3 Å². The average Bonchev–Trinajstić information content (AvgIpc) is 2.69. The number of rotatable bonds is 7. The van der Waals surface area contributed by atoms with E-state index in [1.807, 2.05) is 37.5 Å². The first-order chi connectivity index (χ1) is 13.8. The highest BCUT2D eigenvalue weighted by molar-refractivity contribution is 5.94. The van der Waals surface area contributed by atoms with Crippen LogP contribution in [0, 0.1) is 11.8 Å². The molecule has 7 nitrogen and oxygen atoms in total. The zero-order valence-electron chi connectivity index (χ0n) is 18.0. The molecule has 2 rings (SSSR count). The molecule has 1 aliphatic rings. The van der Waals surface area contributed by atoms with Crippen LogP contribution in [0.4, 0.5) is 16.2 Å². The lowest BCUT2D eigenvalue weighted by molar-refractivity contribution is -0.121. The van der Waals surface area contributed by atoms with Crippen LogP contribution in [-0.4, -0.2) is 53.8 Å². The summed E-state index contributed by atoms with van der Waals surface area (Å²) >= 11 is 0. The molecule has 4 amide bonds. The first-order valence-corrected chi connectivity index (χ1v) is 10.6. The van der Waals surface area contributed by atoms with Crippen LogP contribution in [0.25, 0.3) is 0 Å². The van der Waals surface area contributed by atoms with Gasteiger partial charge in [0.25, 0.3) is 0 Å². The second-order valence-corrected chi connectivity index (χ2v) is 7.93. The Morgan fingerprint density at radius 3 is 2.00 bits per heavy atom. The molecule has 29 heavy (non-hydrogen) atoms. The maximum absolute atomic E-state index is 12.6. The molecule has 1 saturated heterocycles. The van der Waals surface area contributed by atoms with Gasteiger partial charge in [-0.05, 0) is 56.9 Å². The summed E-state index contributed by atoms with van der Waals surface area (Å²) in [4.78, 5) is 40.5. The minimum atomic E-state index is -0.0961. The van der Waals surface area contributed by atoms with Crippen LogP contribution in [0.15, 0.2) is 24.3 Å². The lowest BCUT2D eigenvalue weighted by Crippen LogP contribution is -2.47. The lowest BCUT2D eigenvalue weighted by atomic mass is 9.96. The normalized spacial score (nSPS) is 14.6. The minimum absolute atomic E-state index is 0.0113. The molecule has 0 radical (unpaired) electrons. The molecule has 0 aliphatic carbocycles. The van der Waals surface area contributed by atoms with Crippen molar-refractivity contribution in [2.24, 2.45) is 11.8 Å². The Morgan fingerprint density at radius 2 is 1.52 bits per heavy atom. The fraction of sp³-hybridized carbons (Fsp3) is 0.591. The number of piperidine rings is 1. The highest BCUT2D eigenvalue weighted by Crippen LogP contribution is 2.21. The summed E-state index contributed by atoms with van der Waals surface area (Å²) in [6.45, 7) is 10.6. The first-order valence-electron chi connectivity index (χ1n) is 10.6. The average molecular weight is 403 g/mol. The zero-order valence-corrected chi connectivity index (χ0v) is 18.0. The van der Waals surface area contributed by atoms with Gasteiger partial charge in [0.2, 0.25) is 11.8 Å². The van der Waals surface area contributed by atoms with Gasteiger partial charge in [-0.1, -0.05) is 13.8 Å². The van der Waals surface area contributed by atoms with Crippen molar-refractivity contribution in [2.45, 2.75) is 47.0 Å². The highest BCUT2D eigenvalue weighted by Gasteiger charge is 2.28. The van der Waals surface area contributed by atoms with Crippen molar-refractivity contribution in [1.82, 2.24) is 9.80 Å². The summed E-state index contributed by atoms with van der Waals surface area (Å²) in [5.74, 6) is 0.183. The van der Waals surface area contributed by atoms with Crippen LogP contribution in [0.3, 0.4) is 0 Å². The van der Waals surface area contributed by atoms with Gasteiger partial charge in [-0.2, -0.15) is 0 Å². The highest BCUT2D eigenvalue weighted by atomic mass is 16.2. The van der Waals surface area contributed by atoms with Gasteiger partial charge < -0.3 is 20.4 Å². The van der Waals surface area contributed by atoms with Gasteiger partial charge in [0.05, 0.1) is 0 Å². The quantitative estimate of drug-likeness (QED) is 0.728. The van der Waals surface area contributed by atoms with Crippen molar-refractivity contribution >= 4 is 29.2 Å². The Morgan fingerprint density at radius 1 is 1.00 bits per heavy atom. The first kappa shape index (κ1) is 22.7. The number of nitrogens with zero attached hydrogens (tertiary/aromatic N) is 2. The number of carbonyl (C=O) groups excluding carboxylic acids is 3. The second kappa shape index (κ2) is 10.8. The number of likely N-dealkylation sites (tertiary alicyclic amines) is 1. The van der Waals surface area contributed by atoms with E-state index in [1.54, 1.807) is 24.3 Å². The van der Waals surface area contributed by atoms with Crippen molar-refractivity contribution in [2.75, 3.05) is 36.8 Å². The number of hydrogen-bond donors (Lipinski definition) is 2. The molecule has 1 fully saturated rings. The monoisotopic (exact) mass is 402 g/mol. The Bertz CT molecular complexity index is 691. The topological polar surface area (TPSA) is 81.8 Å². The zero-order chi connectivity index (χ0) is 21.4. The molecule has 1 aromatic rings. The number of hydrogen-bond acceptors (Lipinski definition) is 3. The summed E-state index contributed by atoms with van der Waals surface area (Å²) in [7, 11) is 0. The molecular formula is C22H34N4O3. The van der Waals surface area contributed by atoms with Crippen LogP contribution >= 0.6 is 0 Å².